The van der Waals surface area contributed by atoms with E-state index in [1.807, 2.05) is 85.2 Å². The van der Waals surface area contributed by atoms with E-state index in [1.165, 1.54) is 0 Å². The van der Waals surface area contributed by atoms with Crippen molar-refractivity contribution in [3.05, 3.63) is 96.3 Å². The summed E-state index contributed by atoms with van der Waals surface area (Å²) in [6.45, 7) is 0. The standard InChI is InChI=1S/C28H28N6O2/c29-23(15-35)27(21-13-31-25-10-3-1-8-19(21)25)33-17-6-5-7-18(12-17)34-28(24(30)16-36)22-14-32-26-11-4-2-9-20(22)26/h1-16,23-24,27-28,31-34H,29-30H2/t23?,24?,27-,28?/m1/s1. The lowest BCUT2D eigenvalue weighted by atomic mass is 9.99. The number of nitrogens with two attached hydrogens (primary N) is 2. The van der Waals surface area contributed by atoms with E-state index >= 15 is 0 Å². The molecule has 0 radical (unpaired) electrons. The highest BCUT2D eigenvalue weighted by Gasteiger charge is 2.24. The molecule has 8 N–H and O–H groups in total. The highest BCUT2D eigenvalue weighted by atomic mass is 16.1. The second-order valence-electron chi connectivity index (χ2n) is 8.83. The molecule has 4 atom stereocenters. The third kappa shape index (κ3) is 4.47. The van der Waals surface area contributed by atoms with Crippen LogP contribution in [0.5, 0.6) is 0 Å². The van der Waals surface area contributed by atoms with Gasteiger partial charge in [-0.25, -0.2) is 0 Å². The Morgan fingerprint density at radius 1 is 0.639 bits per heavy atom. The van der Waals surface area contributed by atoms with Gasteiger partial charge in [0.1, 0.15) is 12.6 Å². The van der Waals surface area contributed by atoms with Gasteiger partial charge in [0, 0.05) is 56.7 Å². The lowest BCUT2D eigenvalue weighted by Gasteiger charge is -2.25. The first-order valence-corrected chi connectivity index (χ1v) is 11.8. The van der Waals surface area contributed by atoms with Gasteiger partial charge >= 0.3 is 0 Å². The van der Waals surface area contributed by atoms with E-state index < -0.39 is 24.2 Å². The average molecular weight is 481 g/mol. The number of para-hydroxylation sites is 2. The van der Waals surface area contributed by atoms with E-state index in [-0.39, 0.29) is 0 Å². The highest BCUT2D eigenvalue weighted by molar-refractivity contribution is 5.86. The number of rotatable bonds is 10. The lowest BCUT2D eigenvalue weighted by molar-refractivity contribution is -0.109. The van der Waals surface area contributed by atoms with E-state index in [0.717, 1.165) is 56.9 Å². The molecule has 2 aromatic heterocycles. The van der Waals surface area contributed by atoms with Crippen molar-refractivity contribution in [3.8, 4) is 0 Å². The third-order valence-corrected chi connectivity index (χ3v) is 6.50. The molecule has 2 heterocycles. The van der Waals surface area contributed by atoms with Crippen molar-refractivity contribution < 1.29 is 9.59 Å². The molecule has 0 aliphatic carbocycles. The normalized spacial score (nSPS) is 14.7. The molecule has 3 aromatic carbocycles. The topological polar surface area (TPSA) is 142 Å². The average Bonchev–Trinajstić information content (AvgIpc) is 3.54. The largest absolute Gasteiger partial charge is 0.376 e. The molecule has 36 heavy (non-hydrogen) atoms. The van der Waals surface area contributed by atoms with Crippen LogP contribution in [0.25, 0.3) is 21.8 Å². The Kier molecular flexibility index (Phi) is 6.53. The number of aldehydes is 2. The van der Waals surface area contributed by atoms with Crippen LogP contribution in [0.1, 0.15) is 23.2 Å². The van der Waals surface area contributed by atoms with Gasteiger partial charge in [0.2, 0.25) is 0 Å². The summed E-state index contributed by atoms with van der Waals surface area (Å²) >= 11 is 0. The van der Waals surface area contributed by atoms with Gasteiger partial charge in [0.05, 0.1) is 24.2 Å². The van der Waals surface area contributed by atoms with Crippen LogP contribution in [0.4, 0.5) is 11.4 Å². The molecule has 0 amide bonds. The second kappa shape index (κ2) is 10.1. The number of hydrogen-bond acceptors (Lipinski definition) is 6. The summed E-state index contributed by atoms with van der Waals surface area (Å²) in [5, 5.41) is 8.84. The van der Waals surface area contributed by atoms with Gasteiger partial charge in [-0.2, -0.15) is 0 Å². The van der Waals surface area contributed by atoms with E-state index in [2.05, 4.69) is 20.6 Å². The number of fused-ring (bicyclic) bond motifs is 2. The summed E-state index contributed by atoms with van der Waals surface area (Å²) in [4.78, 5) is 29.9. The van der Waals surface area contributed by atoms with Crippen LogP contribution in [0.15, 0.2) is 85.2 Å². The van der Waals surface area contributed by atoms with Crippen molar-refractivity contribution in [2.24, 2.45) is 11.5 Å². The number of nitrogens with one attached hydrogen (secondary N) is 4. The number of benzene rings is 3. The molecule has 0 aliphatic heterocycles. The molecule has 0 saturated carbocycles. The first-order valence-electron chi connectivity index (χ1n) is 11.8. The monoisotopic (exact) mass is 480 g/mol. The minimum absolute atomic E-state index is 0.449. The molecule has 0 aliphatic rings. The van der Waals surface area contributed by atoms with Crippen molar-refractivity contribution in [3.63, 3.8) is 0 Å². The Morgan fingerprint density at radius 3 is 1.53 bits per heavy atom. The summed E-state index contributed by atoms with van der Waals surface area (Å²) in [6, 6.07) is 21.0. The van der Waals surface area contributed by atoms with Gasteiger partial charge in [0.15, 0.2) is 0 Å². The van der Waals surface area contributed by atoms with E-state index in [1.54, 1.807) is 0 Å². The van der Waals surface area contributed by atoms with Crippen molar-refractivity contribution in [1.29, 1.82) is 0 Å². The number of aromatic amines is 2. The maximum absolute atomic E-state index is 11.7. The zero-order chi connectivity index (χ0) is 25.1. The highest BCUT2D eigenvalue weighted by Crippen LogP contribution is 2.32. The summed E-state index contributed by atoms with van der Waals surface area (Å²) < 4.78 is 0. The van der Waals surface area contributed by atoms with Crippen LogP contribution in [0, 0.1) is 0 Å². The predicted molar refractivity (Wildman–Crippen MR) is 144 cm³/mol. The zero-order valence-electron chi connectivity index (χ0n) is 19.5. The molecule has 5 rings (SSSR count). The minimum Gasteiger partial charge on any atom is -0.376 e. The molecule has 0 spiro atoms. The van der Waals surface area contributed by atoms with Crippen LogP contribution in [0.2, 0.25) is 0 Å². The maximum Gasteiger partial charge on any atom is 0.139 e. The van der Waals surface area contributed by atoms with E-state index in [0.29, 0.717) is 0 Å². The number of carbonyl (C=O) groups excluding carboxylic acids is 2. The summed E-state index contributed by atoms with van der Waals surface area (Å²) in [6.07, 6.45) is 5.25. The molecule has 8 heteroatoms. The van der Waals surface area contributed by atoms with Gasteiger partial charge in [-0.1, -0.05) is 42.5 Å². The summed E-state index contributed by atoms with van der Waals surface area (Å²) in [7, 11) is 0. The van der Waals surface area contributed by atoms with Crippen LogP contribution in [0.3, 0.4) is 0 Å². The lowest BCUT2D eigenvalue weighted by Crippen LogP contribution is -2.35. The molecule has 182 valence electrons. The molecular weight excluding hydrogens is 452 g/mol. The summed E-state index contributed by atoms with van der Waals surface area (Å²) in [5.74, 6) is 0. The maximum atomic E-state index is 11.7. The number of H-pyrrole nitrogens is 2. The molecule has 0 bridgehead atoms. The fourth-order valence-electron chi connectivity index (χ4n) is 4.68. The first-order chi connectivity index (χ1) is 17.6. The summed E-state index contributed by atoms with van der Waals surface area (Å²) in [5.41, 5.74) is 17.7. The van der Waals surface area contributed by atoms with Crippen molar-refractivity contribution in [1.82, 2.24) is 9.97 Å². The van der Waals surface area contributed by atoms with Crippen LogP contribution in [-0.2, 0) is 9.59 Å². The van der Waals surface area contributed by atoms with Gasteiger partial charge in [-0.05, 0) is 30.3 Å². The number of hydrogen-bond donors (Lipinski definition) is 6. The van der Waals surface area contributed by atoms with Crippen molar-refractivity contribution in [2.75, 3.05) is 10.6 Å². The zero-order valence-corrected chi connectivity index (χ0v) is 19.5. The van der Waals surface area contributed by atoms with Gasteiger partial charge in [0.25, 0.3) is 0 Å². The number of anilines is 2. The molecule has 8 nitrogen and oxygen atoms in total. The first kappa shape index (κ1) is 23.3. The molecule has 5 aromatic rings. The Bertz CT molecular complexity index is 1400. The minimum atomic E-state index is -0.761. The van der Waals surface area contributed by atoms with Crippen LogP contribution in [-0.4, -0.2) is 34.6 Å². The molecule has 3 unspecified atom stereocenters. The Hall–Kier alpha value is -4.40. The van der Waals surface area contributed by atoms with E-state index in [4.69, 9.17) is 11.5 Å². The van der Waals surface area contributed by atoms with Gasteiger partial charge in [-0.15, -0.1) is 0 Å². The van der Waals surface area contributed by atoms with E-state index in [9.17, 15) is 9.59 Å². The second-order valence-corrected chi connectivity index (χ2v) is 8.83. The Morgan fingerprint density at radius 2 is 1.08 bits per heavy atom. The smallest absolute Gasteiger partial charge is 0.139 e. The van der Waals surface area contributed by atoms with Crippen LogP contribution < -0.4 is 22.1 Å². The number of carbonyl (C=O) groups is 2. The fourth-order valence-corrected chi connectivity index (χ4v) is 4.68. The van der Waals surface area contributed by atoms with Gasteiger partial charge < -0.3 is 41.7 Å². The van der Waals surface area contributed by atoms with Crippen molar-refractivity contribution >= 4 is 45.8 Å². The van der Waals surface area contributed by atoms with Crippen LogP contribution >= 0.6 is 0 Å². The molecular formula is C28H28N6O2. The predicted octanol–water partition coefficient (Wildman–Crippen LogP) is 4.01. The Balaban J connectivity index is 1.45. The fraction of sp³-hybridized carbons (Fsp3) is 0.143. The van der Waals surface area contributed by atoms with Crippen molar-refractivity contribution in [2.45, 2.75) is 24.2 Å². The quantitative estimate of drug-likeness (QED) is 0.167. The molecule has 0 saturated heterocycles. The number of aromatic nitrogens is 2. The van der Waals surface area contributed by atoms with Gasteiger partial charge in [-0.3, -0.25) is 0 Å². The third-order valence-electron chi connectivity index (χ3n) is 6.50. The SMILES string of the molecule is NC(C=O)C(Nc1cccc(N[C@H](c2c[nH]c3ccccc23)C(N)C=O)c1)c1c[nH]c2ccccc12. The Labute approximate surface area is 208 Å². The molecule has 0 fully saturated rings.